The average Bonchev–Trinajstić information content (AvgIpc) is 3.65. The Hall–Kier alpha value is -5.80. The summed E-state index contributed by atoms with van der Waals surface area (Å²) >= 11 is 0. The number of fused-ring (bicyclic) bond motifs is 6. The van der Waals surface area contributed by atoms with Gasteiger partial charge in [-0.05, 0) is 90.4 Å². The summed E-state index contributed by atoms with van der Waals surface area (Å²) < 4.78 is 8.88. The second-order valence-corrected chi connectivity index (χ2v) is 11.7. The van der Waals surface area contributed by atoms with Gasteiger partial charge in [0, 0.05) is 39.4 Å². The molecule has 0 aliphatic heterocycles. The van der Waals surface area contributed by atoms with Crippen LogP contribution in [-0.4, -0.2) is 4.57 Å². The summed E-state index contributed by atoms with van der Waals surface area (Å²) in [5.74, 6) is 0.258. The van der Waals surface area contributed by atoms with Crippen LogP contribution >= 0.6 is 0 Å². The summed E-state index contributed by atoms with van der Waals surface area (Å²) in [6.45, 7) is 0. The number of hydrogen-bond acceptors (Lipinski definition) is 2. The Morgan fingerprint density at radius 3 is 2.04 bits per heavy atom. The molecule has 3 heteroatoms. The zero-order valence-electron chi connectivity index (χ0n) is 24.7. The molecule has 1 aliphatic rings. The van der Waals surface area contributed by atoms with E-state index in [1.54, 1.807) is 0 Å². The minimum atomic E-state index is 0.258. The number of para-hydroxylation sites is 4. The Kier molecular flexibility index (Phi) is 5.95. The van der Waals surface area contributed by atoms with Crippen LogP contribution in [0.25, 0.3) is 44.6 Å². The quantitative estimate of drug-likeness (QED) is 0.203. The summed E-state index contributed by atoms with van der Waals surface area (Å²) in [5, 5.41) is 3.59. The Labute approximate surface area is 261 Å². The first-order chi connectivity index (χ1) is 22.3. The van der Waals surface area contributed by atoms with Crippen LogP contribution in [-0.2, 0) is 6.42 Å². The van der Waals surface area contributed by atoms with E-state index < -0.39 is 0 Å². The number of benzene rings is 6. The van der Waals surface area contributed by atoms with E-state index in [0.29, 0.717) is 0 Å². The van der Waals surface area contributed by atoms with Crippen LogP contribution in [0.3, 0.4) is 0 Å². The lowest BCUT2D eigenvalue weighted by atomic mass is 9.86. The van der Waals surface area contributed by atoms with Gasteiger partial charge in [0.05, 0.1) is 16.6 Å². The van der Waals surface area contributed by atoms with Crippen molar-refractivity contribution in [2.45, 2.75) is 12.3 Å². The molecule has 0 bridgehead atoms. The van der Waals surface area contributed by atoms with Crippen LogP contribution in [0.15, 0.2) is 162 Å². The number of hydrogen-bond donors (Lipinski definition) is 0. The van der Waals surface area contributed by atoms with Gasteiger partial charge in [0.25, 0.3) is 0 Å². The molecule has 0 N–H and O–H groups in total. The Morgan fingerprint density at radius 2 is 1.29 bits per heavy atom. The minimum absolute atomic E-state index is 0.258. The zero-order valence-corrected chi connectivity index (χ0v) is 24.7. The molecule has 1 unspecified atom stereocenters. The summed E-state index contributed by atoms with van der Waals surface area (Å²) in [5.41, 5.74) is 11.5. The molecule has 1 atom stereocenters. The predicted octanol–water partition coefficient (Wildman–Crippen LogP) is 11.4. The largest absolute Gasteiger partial charge is 0.456 e. The molecule has 3 nitrogen and oxygen atoms in total. The molecule has 6 aromatic carbocycles. The standard InChI is InChI=1S/C42H30N2O/c1-4-13-31(14-5-1)43(32-15-6-2-7-16-32)39-21-12-22-41-42(39)36-28-30(24-26-40(36)45-41)29-23-25-38-35(27-29)34-19-10-11-20-37(34)44(38)33-17-8-3-9-18-33/h1-26,28-29H,27H2. The summed E-state index contributed by atoms with van der Waals surface area (Å²) in [7, 11) is 0. The highest BCUT2D eigenvalue weighted by atomic mass is 16.3. The summed E-state index contributed by atoms with van der Waals surface area (Å²) in [6.07, 6.45) is 5.65. The van der Waals surface area contributed by atoms with Crippen molar-refractivity contribution in [3.8, 4) is 5.69 Å². The van der Waals surface area contributed by atoms with E-state index in [1.807, 2.05) is 0 Å². The number of furan rings is 1. The highest BCUT2D eigenvalue weighted by Gasteiger charge is 2.25. The van der Waals surface area contributed by atoms with Crippen LogP contribution in [0.1, 0.15) is 22.7 Å². The van der Waals surface area contributed by atoms with E-state index in [1.165, 1.54) is 33.4 Å². The van der Waals surface area contributed by atoms with Gasteiger partial charge in [0.1, 0.15) is 11.2 Å². The lowest BCUT2D eigenvalue weighted by Crippen LogP contribution is -2.10. The fourth-order valence-electron chi connectivity index (χ4n) is 7.12. The molecule has 8 aromatic rings. The van der Waals surface area contributed by atoms with Gasteiger partial charge in [-0.2, -0.15) is 0 Å². The maximum absolute atomic E-state index is 6.48. The normalized spacial score (nSPS) is 14.3. The maximum Gasteiger partial charge on any atom is 0.137 e. The van der Waals surface area contributed by atoms with E-state index in [0.717, 1.165) is 45.4 Å². The van der Waals surface area contributed by atoms with Crippen molar-refractivity contribution in [1.82, 2.24) is 4.57 Å². The van der Waals surface area contributed by atoms with Crippen LogP contribution in [0.2, 0.25) is 0 Å². The first-order valence-electron chi connectivity index (χ1n) is 15.5. The fourth-order valence-corrected chi connectivity index (χ4v) is 7.12. The van der Waals surface area contributed by atoms with E-state index in [-0.39, 0.29) is 5.92 Å². The SMILES string of the molecule is C1=CC(c2ccc3oc4cccc(N(c5ccccc5)c5ccccc5)c4c3c2)Cc2c1n(-c1ccccc1)c1ccccc21. The molecule has 9 rings (SSSR count). The van der Waals surface area contributed by atoms with Gasteiger partial charge in [-0.15, -0.1) is 0 Å². The van der Waals surface area contributed by atoms with Crippen molar-refractivity contribution < 1.29 is 4.42 Å². The number of rotatable bonds is 5. The topological polar surface area (TPSA) is 21.3 Å². The van der Waals surface area contributed by atoms with Gasteiger partial charge >= 0.3 is 0 Å². The van der Waals surface area contributed by atoms with Crippen molar-refractivity contribution >= 4 is 56.0 Å². The van der Waals surface area contributed by atoms with Crippen molar-refractivity contribution in [2.24, 2.45) is 0 Å². The fraction of sp³-hybridized carbons (Fsp3) is 0.0476. The molecule has 214 valence electrons. The van der Waals surface area contributed by atoms with E-state index >= 15 is 0 Å². The molecule has 0 saturated heterocycles. The molecular weight excluding hydrogens is 548 g/mol. The van der Waals surface area contributed by atoms with Gasteiger partial charge in [0.2, 0.25) is 0 Å². The van der Waals surface area contributed by atoms with Gasteiger partial charge in [-0.25, -0.2) is 0 Å². The second-order valence-electron chi connectivity index (χ2n) is 11.7. The first-order valence-corrected chi connectivity index (χ1v) is 15.5. The highest BCUT2D eigenvalue weighted by Crippen LogP contribution is 2.44. The maximum atomic E-state index is 6.48. The number of allylic oxidation sites excluding steroid dienone is 1. The van der Waals surface area contributed by atoms with Crippen LogP contribution in [0.5, 0.6) is 0 Å². The second kappa shape index (κ2) is 10.4. The van der Waals surface area contributed by atoms with Crippen molar-refractivity contribution in [3.05, 3.63) is 175 Å². The van der Waals surface area contributed by atoms with Crippen molar-refractivity contribution in [1.29, 1.82) is 0 Å². The molecule has 2 heterocycles. The molecular formula is C42H30N2O. The molecule has 45 heavy (non-hydrogen) atoms. The molecule has 1 aliphatic carbocycles. The lowest BCUT2D eigenvalue weighted by Gasteiger charge is -2.26. The summed E-state index contributed by atoms with van der Waals surface area (Å²) in [6, 6.07) is 53.8. The van der Waals surface area contributed by atoms with Crippen molar-refractivity contribution in [2.75, 3.05) is 4.90 Å². The third kappa shape index (κ3) is 4.20. The molecule has 0 radical (unpaired) electrons. The smallest absolute Gasteiger partial charge is 0.137 e. The highest BCUT2D eigenvalue weighted by molar-refractivity contribution is 6.13. The van der Waals surface area contributed by atoms with Crippen LogP contribution < -0.4 is 4.90 Å². The Bertz CT molecular complexity index is 2310. The van der Waals surface area contributed by atoms with E-state index in [4.69, 9.17) is 4.42 Å². The number of nitrogens with zero attached hydrogens (tertiary/aromatic N) is 2. The van der Waals surface area contributed by atoms with Gasteiger partial charge in [0.15, 0.2) is 0 Å². The monoisotopic (exact) mass is 578 g/mol. The van der Waals surface area contributed by atoms with Crippen molar-refractivity contribution in [3.63, 3.8) is 0 Å². The number of anilines is 3. The first kappa shape index (κ1) is 25.7. The molecule has 0 amide bonds. The van der Waals surface area contributed by atoms with Gasteiger partial charge < -0.3 is 13.9 Å². The molecule has 0 saturated carbocycles. The van der Waals surface area contributed by atoms with Crippen LogP contribution in [0, 0.1) is 0 Å². The van der Waals surface area contributed by atoms with Gasteiger partial charge in [-0.1, -0.05) is 91.0 Å². The average molecular weight is 579 g/mol. The molecule has 0 spiro atoms. The lowest BCUT2D eigenvalue weighted by molar-refractivity contribution is 0.668. The summed E-state index contributed by atoms with van der Waals surface area (Å²) in [4.78, 5) is 2.33. The molecule has 0 fully saturated rings. The number of aromatic nitrogens is 1. The van der Waals surface area contributed by atoms with E-state index in [9.17, 15) is 0 Å². The third-order valence-electron chi connectivity index (χ3n) is 9.14. The minimum Gasteiger partial charge on any atom is -0.456 e. The zero-order chi connectivity index (χ0) is 29.7. The van der Waals surface area contributed by atoms with E-state index in [2.05, 4.69) is 173 Å². The predicted molar refractivity (Wildman–Crippen MR) is 187 cm³/mol. The third-order valence-corrected chi connectivity index (χ3v) is 9.14. The van der Waals surface area contributed by atoms with Crippen LogP contribution in [0.4, 0.5) is 17.1 Å². The Morgan fingerprint density at radius 1 is 0.600 bits per heavy atom. The Balaban J connectivity index is 1.19. The molecule has 2 aromatic heterocycles. The van der Waals surface area contributed by atoms with Gasteiger partial charge in [-0.3, -0.25) is 0 Å².